The molecule has 0 atom stereocenters. The van der Waals surface area contributed by atoms with E-state index in [-0.39, 0.29) is 5.78 Å². The molecule has 0 saturated heterocycles. The number of allylic oxidation sites excluding steroid dienone is 1. The van der Waals surface area contributed by atoms with Crippen molar-refractivity contribution in [3.8, 4) is 23.0 Å². The van der Waals surface area contributed by atoms with Gasteiger partial charge in [0.05, 0.1) is 34.0 Å². The highest BCUT2D eigenvalue weighted by Gasteiger charge is 2.13. The summed E-state index contributed by atoms with van der Waals surface area (Å²) in [7, 11) is 6.10. The zero-order valence-electron chi connectivity index (χ0n) is 14.5. The van der Waals surface area contributed by atoms with Crippen LogP contribution in [-0.2, 0) is 0 Å². The summed E-state index contributed by atoms with van der Waals surface area (Å²) in [6, 6.07) is 8.39. The lowest BCUT2D eigenvalue weighted by Crippen LogP contribution is -1.99. The average Bonchev–Trinajstić information content (AvgIpc) is 2.64. The van der Waals surface area contributed by atoms with Crippen molar-refractivity contribution in [1.82, 2.24) is 0 Å². The van der Waals surface area contributed by atoms with Gasteiger partial charge in [-0.25, -0.2) is 0 Å². The fourth-order valence-electron chi connectivity index (χ4n) is 2.33. The van der Waals surface area contributed by atoms with Crippen molar-refractivity contribution in [2.75, 3.05) is 28.4 Å². The number of carbonyl (C=O) groups is 1. The Kier molecular flexibility index (Phi) is 6.31. The summed E-state index contributed by atoms with van der Waals surface area (Å²) in [5.74, 6) is 1.74. The van der Waals surface area contributed by atoms with Crippen molar-refractivity contribution in [3.63, 3.8) is 0 Å². The van der Waals surface area contributed by atoms with E-state index >= 15 is 0 Å². The molecule has 0 radical (unpaired) electrons. The van der Waals surface area contributed by atoms with Gasteiger partial charge in [-0.1, -0.05) is 17.7 Å². The lowest BCUT2D eigenvalue weighted by Gasteiger charge is -2.12. The van der Waals surface area contributed by atoms with E-state index in [4.69, 9.17) is 30.5 Å². The minimum absolute atomic E-state index is 0.229. The molecule has 0 aliphatic rings. The van der Waals surface area contributed by atoms with Gasteiger partial charge in [0, 0.05) is 5.02 Å². The normalized spacial score (nSPS) is 10.6. The Balaban J connectivity index is 2.36. The van der Waals surface area contributed by atoms with Crippen LogP contribution in [-0.4, -0.2) is 34.2 Å². The monoisotopic (exact) mass is 362 g/mol. The van der Waals surface area contributed by atoms with E-state index in [0.29, 0.717) is 33.6 Å². The van der Waals surface area contributed by atoms with Gasteiger partial charge in [-0.15, -0.1) is 0 Å². The van der Waals surface area contributed by atoms with Crippen LogP contribution in [0.4, 0.5) is 0 Å². The maximum atomic E-state index is 12.5. The summed E-state index contributed by atoms with van der Waals surface area (Å²) in [6.45, 7) is 0. The quantitative estimate of drug-likeness (QED) is 0.544. The predicted octanol–water partition coefficient (Wildman–Crippen LogP) is 4.27. The molecule has 0 fully saturated rings. The summed E-state index contributed by atoms with van der Waals surface area (Å²) in [4.78, 5) is 12.5. The van der Waals surface area contributed by atoms with Gasteiger partial charge in [-0.2, -0.15) is 0 Å². The fourth-order valence-corrected chi connectivity index (χ4v) is 2.50. The number of carbonyl (C=O) groups excluding carboxylic acids is 1. The van der Waals surface area contributed by atoms with Crippen LogP contribution >= 0.6 is 11.6 Å². The summed E-state index contributed by atoms with van der Waals surface area (Å²) in [5.41, 5.74) is 1.11. The van der Waals surface area contributed by atoms with Crippen molar-refractivity contribution in [2.24, 2.45) is 0 Å². The number of methoxy groups -OCH3 is 4. The van der Waals surface area contributed by atoms with Crippen LogP contribution in [0.2, 0.25) is 5.02 Å². The second-order valence-electron chi connectivity index (χ2n) is 5.00. The molecule has 25 heavy (non-hydrogen) atoms. The van der Waals surface area contributed by atoms with Gasteiger partial charge in [-0.3, -0.25) is 4.79 Å². The van der Waals surface area contributed by atoms with Crippen molar-refractivity contribution in [3.05, 3.63) is 52.6 Å². The molecule has 0 aromatic heterocycles. The van der Waals surface area contributed by atoms with Gasteiger partial charge in [0.15, 0.2) is 17.3 Å². The first kappa shape index (κ1) is 18.7. The molecule has 0 saturated carbocycles. The molecular formula is C19H19ClO5. The highest BCUT2D eigenvalue weighted by atomic mass is 35.5. The van der Waals surface area contributed by atoms with Gasteiger partial charge < -0.3 is 18.9 Å². The van der Waals surface area contributed by atoms with E-state index in [0.717, 1.165) is 5.56 Å². The molecule has 0 heterocycles. The van der Waals surface area contributed by atoms with Crippen LogP contribution in [0.25, 0.3) is 6.08 Å². The van der Waals surface area contributed by atoms with E-state index in [9.17, 15) is 4.79 Å². The van der Waals surface area contributed by atoms with Crippen LogP contribution in [0.3, 0.4) is 0 Å². The Morgan fingerprint density at radius 1 is 0.880 bits per heavy atom. The fraction of sp³-hybridized carbons (Fsp3) is 0.211. The average molecular weight is 363 g/mol. The first-order valence-electron chi connectivity index (χ1n) is 7.40. The van der Waals surface area contributed by atoms with Crippen LogP contribution in [0.5, 0.6) is 23.0 Å². The number of hydrogen-bond donors (Lipinski definition) is 0. The number of halogens is 1. The minimum atomic E-state index is -0.229. The Morgan fingerprint density at radius 2 is 1.48 bits per heavy atom. The highest BCUT2D eigenvalue weighted by molar-refractivity contribution is 6.31. The maximum Gasteiger partial charge on any atom is 0.203 e. The van der Waals surface area contributed by atoms with E-state index in [2.05, 4.69) is 0 Å². The van der Waals surface area contributed by atoms with E-state index in [1.807, 2.05) is 0 Å². The third-order valence-corrected chi connectivity index (χ3v) is 3.78. The first-order chi connectivity index (χ1) is 12.0. The molecule has 0 amide bonds. The summed E-state index contributed by atoms with van der Waals surface area (Å²) in [6.07, 6.45) is 3.10. The molecule has 2 aromatic carbocycles. The number of rotatable bonds is 7. The Morgan fingerprint density at radius 3 is 2.00 bits per heavy atom. The highest BCUT2D eigenvalue weighted by Crippen LogP contribution is 2.38. The van der Waals surface area contributed by atoms with Crippen LogP contribution < -0.4 is 18.9 Å². The number of ether oxygens (including phenoxy) is 4. The SMILES string of the molecule is COc1ccc(Cl)cc1C(=O)/C=C/c1cc(OC)c(OC)c(OC)c1. The second-order valence-corrected chi connectivity index (χ2v) is 5.44. The number of benzene rings is 2. The van der Waals surface area contributed by atoms with Crippen molar-refractivity contribution in [2.45, 2.75) is 0 Å². The van der Waals surface area contributed by atoms with Gasteiger partial charge in [0.25, 0.3) is 0 Å². The molecule has 0 unspecified atom stereocenters. The predicted molar refractivity (Wildman–Crippen MR) is 97.5 cm³/mol. The van der Waals surface area contributed by atoms with E-state index in [1.54, 1.807) is 36.4 Å². The van der Waals surface area contributed by atoms with Gasteiger partial charge in [-0.05, 0) is 42.0 Å². The Labute approximate surface area is 151 Å². The zero-order chi connectivity index (χ0) is 18.4. The smallest absolute Gasteiger partial charge is 0.203 e. The summed E-state index contributed by atoms with van der Waals surface area (Å²) < 4.78 is 21.1. The maximum absolute atomic E-state index is 12.5. The van der Waals surface area contributed by atoms with E-state index < -0.39 is 0 Å². The number of ketones is 1. The van der Waals surface area contributed by atoms with Crippen LogP contribution in [0.15, 0.2) is 36.4 Å². The molecule has 0 aliphatic heterocycles. The zero-order valence-corrected chi connectivity index (χ0v) is 15.2. The largest absolute Gasteiger partial charge is 0.496 e. The first-order valence-corrected chi connectivity index (χ1v) is 7.77. The van der Waals surface area contributed by atoms with E-state index in [1.165, 1.54) is 34.5 Å². The van der Waals surface area contributed by atoms with Crippen molar-refractivity contribution < 1.29 is 23.7 Å². The Hall–Kier alpha value is -2.66. The van der Waals surface area contributed by atoms with Gasteiger partial charge >= 0.3 is 0 Å². The molecule has 2 aromatic rings. The van der Waals surface area contributed by atoms with Crippen molar-refractivity contribution in [1.29, 1.82) is 0 Å². The topological polar surface area (TPSA) is 54.0 Å². The van der Waals surface area contributed by atoms with Gasteiger partial charge in [0.2, 0.25) is 5.75 Å². The Bertz CT molecular complexity index is 773. The van der Waals surface area contributed by atoms with Crippen molar-refractivity contribution >= 4 is 23.5 Å². The molecule has 0 aliphatic carbocycles. The molecule has 6 heteroatoms. The minimum Gasteiger partial charge on any atom is -0.496 e. The third-order valence-electron chi connectivity index (χ3n) is 3.54. The lowest BCUT2D eigenvalue weighted by molar-refractivity contribution is 0.104. The summed E-state index contributed by atoms with van der Waals surface area (Å²) in [5, 5.41) is 0.463. The molecule has 0 spiro atoms. The molecule has 2 rings (SSSR count). The lowest BCUT2D eigenvalue weighted by atomic mass is 10.1. The van der Waals surface area contributed by atoms with Gasteiger partial charge in [0.1, 0.15) is 5.75 Å². The second kappa shape index (κ2) is 8.44. The standard InChI is InChI=1S/C19H19ClO5/c1-22-16-8-6-13(20)11-14(16)15(21)7-5-12-9-17(23-2)19(25-4)18(10-12)24-3/h5-11H,1-4H3/b7-5+. The molecule has 132 valence electrons. The number of hydrogen-bond acceptors (Lipinski definition) is 5. The molecular weight excluding hydrogens is 344 g/mol. The van der Waals surface area contributed by atoms with Crippen LogP contribution in [0, 0.1) is 0 Å². The third kappa shape index (κ3) is 4.25. The molecule has 0 bridgehead atoms. The van der Waals surface area contributed by atoms with Crippen LogP contribution in [0.1, 0.15) is 15.9 Å². The molecule has 5 nitrogen and oxygen atoms in total. The molecule has 0 N–H and O–H groups in total. The summed E-state index contributed by atoms with van der Waals surface area (Å²) >= 11 is 5.97.